The van der Waals surface area contributed by atoms with E-state index in [-0.39, 0.29) is 30.6 Å². The molecule has 0 spiro atoms. The number of unbranched alkanes of at least 4 members (excludes halogenated alkanes) is 2. The van der Waals surface area contributed by atoms with Crippen LogP contribution in [0.5, 0.6) is 0 Å². The Balaban J connectivity index is 1.79. The molecule has 0 aliphatic heterocycles. The zero-order valence-electron chi connectivity index (χ0n) is 20.7. The number of hydrogen-bond donors (Lipinski definition) is 3. The summed E-state index contributed by atoms with van der Waals surface area (Å²) < 4.78 is 0. The van der Waals surface area contributed by atoms with Gasteiger partial charge in [0.1, 0.15) is 5.69 Å². The lowest BCUT2D eigenvalue weighted by molar-refractivity contribution is -0.136. The van der Waals surface area contributed by atoms with Crippen LogP contribution in [0.3, 0.4) is 0 Å². The number of aryl methyl sites for hydroxylation is 1. The predicted octanol–water partition coefficient (Wildman–Crippen LogP) is 6.69. The van der Waals surface area contributed by atoms with Crippen LogP contribution < -0.4 is 10.6 Å². The van der Waals surface area contributed by atoms with Gasteiger partial charge in [0, 0.05) is 16.3 Å². The number of carboxylic acid groups (broad SMARTS) is 1. The molecule has 0 aliphatic rings. The number of pyridine rings is 1. The van der Waals surface area contributed by atoms with Crippen LogP contribution in [0.2, 0.25) is 0 Å². The first-order valence-electron chi connectivity index (χ1n) is 12.3. The molecule has 2 aromatic heterocycles. The number of carbonyl (C=O) groups excluding carboxylic acids is 1. The van der Waals surface area contributed by atoms with Crippen LogP contribution in [0.15, 0.2) is 54.7 Å². The van der Waals surface area contributed by atoms with Crippen molar-refractivity contribution in [3.8, 4) is 10.4 Å². The largest absolute Gasteiger partial charge is 0.481 e. The molecule has 3 rings (SSSR count). The van der Waals surface area contributed by atoms with Crippen LogP contribution in [0, 0.1) is 12.8 Å². The maximum absolute atomic E-state index is 12.2. The highest BCUT2D eigenvalue weighted by molar-refractivity contribution is 7.15. The third-order valence-corrected chi connectivity index (χ3v) is 7.24. The molecule has 2 atom stereocenters. The lowest BCUT2D eigenvalue weighted by atomic mass is 9.89. The van der Waals surface area contributed by atoms with Gasteiger partial charge in [0.05, 0.1) is 24.3 Å². The summed E-state index contributed by atoms with van der Waals surface area (Å²) in [6, 6.07) is 16.4. The van der Waals surface area contributed by atoms with Gasteiger partial charge in [-0.05, 0) is 48.6 Å². The van der Waals surface area contributed by atoms with Crippen LogP contribution >= 0.6 is 11.3 Å². The van der Waals surface area contributed by atoms with Gasteiger partial charge < -0.3 is 15.7 Å². The van der Waals surface area contributed by atoms with Gasteiger partial charge in [0.15, 0.2) is 0 Å². The Morgan fingerprint density at radius 1 is 1.11 bits per heavy atom. The Morgan fingerprint density at radius 3 is 2.54 bits per heavy atom. The van der Waals surface area contributed by atoms with Crippen LogP contribution in [-0.2, 0) is 4.79 Å². The third-order valence-electron chi connectivity index (χ3n) is 6.12. The van der Waals surface area contributed by atoms with E-state index in [0.29, 0.717) is 5.92 Å². The van der Waals surface area contributed by atoms with E-state index in [1.807, 2.05) is 23.5 Å². The van der Waals surface area contributed by atoms with Gasteiger partial charge in [-0.1, -0.05) is 63.4 Å². The number of rotatable bonds is 13. The smallest absolute Gasteiger partial charge is 0.305 e. The number of anilines is 1. The molecule has 0 bridgehead atoms. The number of carbonyl (C=O) groups is 2. The average molecular weight is 494 g/mol. The molecule has 3 N–H and O–H groups in total. The molecular weight excluding hydrogens is 458 g/mol. The van der Waals surface area contributed by atoms with Gasteiger partial charge >= 0.3 is 5.97 Å². The van der Waals surface area contributed by atoms with Gasteiger partial charge in [-0.15, -0.1) is 11.3 Å². The van der Waals surface area contributed by atoms with E-state index in [2.05, 4.69) is 66.7 Å². The number of nitrogens with zero attached hydrogens (tertiary/aromatic N) is 1. The fourth-order valence-electron chi connectivity index (χ4n) is 4.13. The second-order valence-corrected chi connectivity index (χ2v) is 10.2. The molecule has 0 saturated heterocycles. The van der Waals surface area contributed by atoms with E-state index in [9.17, 15) is 9.59 Å². The number of hydrogen-bond acceptors (Lipinski definition) is 5. The lowest BCUT2D eigenvalue weighted by Crippen LogP contribution is -2.26. The molecule has 1 amide bonds. The summed E-state index contributed by atoms with van der Waals surface area (Å²) in [5.41, 5.74) is 3.65. The Hall–Kier alpha value is -3.19. The van der Waals surface area contributed by atoms with E-state index < -0.39 is 5.97 Å². The number of aromatic nitrogens is 1. The quantitative estimate of drug-likeness (QED) is 0.231. The van der Waals surface area contributed by atoms with Crippen molar-refractivity contribution in [1.29, 1.82) is 0 Å². The fraction of sp³-hybridized carbons (Fsp3) is 0.393. The number of benzene rings is 1. The molecule has 0 saturated carbocycles. The monoisotopic (exact) mass is 493 g/mol. The van der Waals surface area contributed by atoms with E-state index >= 15 is 0 Å². The summed E-state index contributed by atoms with van der Waals surface area (Å²) >= 11 is 1.82. The topological polar surface area (TPSA) is 91.3 Å². The SMILES string of the molecule is CCCCCC(C)C(Nc1ccc(C(=O)NCCC(=O)O)nc1)c1cc(-c2ccccc2)sc1C. The third kappa shape index (κ3) is 7.65. The lowest BCUT2D eigenvalue weighted by Gasteiger charge is -2.27. The van der Waals surface area contributed by atoms with Gasteiger partial charge in [-0.3, -0.25) is 9.59 Å². The first-order chi connectivity index (χ1) is 16.9. The standard InChI is InChI=1S/C28H35N3O3S/c1-4-5-7-10-19(2)27(23-17-25(35-20(23)3)21-11-8-6-9-12-21)31-22-13-14-24(30-18-22)28(34)29-16-15-26(32)33/h6,8-9,11-14,17-19,27,31H,4-5,7,10,15-16H2,1-3H3,(H,29,34)(H,32,33). The minimum atomic E-state index is -0.948. The van der Waals surface area contributed by atoms with E-state index in [0.717, 1.165) is 12.1 Å². The van der Waals surface area contributed by atoms with Crippen LogP contribution in [0.4, 0.5) is 5.69 Å². The maximum atomic E-state index is 12.2. The van der Waals surface area contributed by atoms with E-state index in [1.54, 1.807) is 12.3 Å². The normalized spacial score (nSPS) is 12.7. The molecule has 2 heterocycles. The number of aliphatic carboxylic acids is 1. The number of nitrogens with one attached hydrogen (secondary N) is 2. The van der Waals surface area contributed by atoms with Gasteiger partial charge in [-0.2, -0.15) is 0 Å². The highest BCUT2D eigenvalue weighted by Crippen LogP contribution is 2.39. The molecule has 7 heteroatoms. The summed E-state index contributed by atoms with van der Waals surface area (Å²) in [4.78, 5) is 29.8. The molecule has 2 unspecified atom stereocenters. The van der Waals surface area contributed by atoms with Gasteiger partial charge in [-0.25, -0.2) is 4.98 Å². The van der Waals surface area contributed by atoms with Crippen molar-refractivity contribution >= 4 is 28.9 Å². The van der Waals surface area contributed by atoms with Crippen molar-refractivity contribution < 1.29 is 14.7 Å². The van der Waals surface area contributed by atoms with Crippen molar-refractivity contribution in [2.24, 2.45) is 5.92 Å². The summed E-state index contributed by atoms with van der Waals surface area (Å²) in [7, 11) is 0. The van der Waals surface area contributed by atoms with Crippen LogP contribution in [0.25, 0.3) is 10.4 Å². The summed E-state index contributed by atoms with van der Waals surface area (Å²) in [5.74, 6) is -0.906. The number of thiophene rings is 1. The van der Waals surface area contributed by atoms with E-state index in [4.69, 9.17) is 5.11 Å². The Kier molecular flexibility index (Phi) is 9.85. The van der Waals surface area contributed by atoms with Crippen molar-refractivity contribution in [3.05, 3.63) is 70.9 Å². The van der Waals surface area contributed by atoms with Gasteiger partial charge in [0.2, 0.25) is 0 Å². The van der Waals surface area contributed by atoms with Crippen LogP contribution in [-0.4, -0.2) is 28.5 Å². The second kappa shape index (κ2) is 13.0. The average Bonchev–Trinajstić information content (AvgIpc) is 3.24. The Morgan fingerprint density at radius 2 is 1.89 bits per heavy atom. The van der Waals surface area contributed by atoms with Gasteiger partial charge in [0.25, 0.3) is 5.91 Å². The predicted molar refractivity (Wildman–Crippen MR) is 143 cm³/mol. The summed E-state index contributed by atoms with van der Waals surface area (Å²) in [6.07, 6.45) is 6.30. The van der Waals surface area contributed by atoms with E-state index in [1.165, 1.54) is 40.1 Å². The molecule has 35 heavy (non-hydrogen) atoms. The molecule has 0 aliphatic carbocycles. The molecule has 186 valence electrons. The highest BCUT2D eigenvalue weighted by Gasteiger charge is 2.23. The molecular formula is C28H35N3O3S. The fourth-order valence-corrected chi connectivity index (χ4v) is 5.20. The van der Waals surface area contributed by atoms with Crippen molar-refractivity contribution in [3.63, 3.8) is 0 Å². The van der Waals surface area contributed by atoms with Crippen molar-refractivity contribution in [2.45, 2.75) is 58.9 Å². The minimum Gasteiger partial charge on any atom is -0.481 e. The molecule has 6 nitrogen and oxygen atoms in total. The molecule has 3 aromatic rings. The molecule has 0 radical (unpaired) electrons. The Labute approximate surface area is 211 Å². The first kappa shape index (κ1) is 26.4. The molecule has 1 aromatic carbocycles. The first-order valence-corrected chi connectivity index (χ1v) is 13.1. The van der Waals surface area contributed by atoms with Crippen molar-refractivity contribution in [2.75, 3.05) is 11.9 Å². The van der Waals surface area contributed by atoms with Crippen molar-refractivity contribution in [1.82, 2.24) is 10.3 Å². The number of carboxylic acids is 1. The van der Waals surface area contributed by atoms with Crippen LogP contribution in [0.1, 0.15) is 72.9 Å². The summed E-state index contributed by atoms with van der Waals surface area (Å²) in [6.45, 7) is 6.78. The second-order valence-electron chi connectivity index (χ2n) is 8.92. The maximum Gasteiger partial charge on any atom is 0.305 e. The zero-order chi connectivity index (χ0) is 25.2. The Bertz CT molecular complexity index is 1100. The molecule has 0 fully saturated rings. The number of amides is 1. The zero-order valence-corrected chi connectivity index (χ0v) is 21.5. The minimum absolute atomic E-state index is 0.0778. The highest BCUT2D eigenvalue weighted by atomic mass is 32.1. The summed E-state index contributed by atoms with van der Waals surface area (Å²) in [5, 5.41) is 15.0.